The Hall–Kier alpha value is -2.95. The summed E-state index contributed by atoms with van der Waals surface area (Å²) in [6, 6.07) is 13.7. The first kappa shape index (κ1) is 19.8. The van der Waals surface area contributed by atoms with E-state index in [1.165, 1.54) is 12.1 Å². The van der Waals surface area contributed by atoms with Crippen molar-refractivity contribution < 1.29 is 13.2 Å². The molecule has 3 aromatic rings. The summed E-state index contributed by atoms with van der Waals surface area (Å²) in [4.78, 5) is 0.0377. The van der Waals surface area contributed by atoms with Crippen LogP contribution in [-0.4, -0.2) is 30.4 Å². The highest BCUT2D eigenvalue weighted by Crippen LogP contribution is 2.16. The van der Waals surface area contributed by atoms with Crippen LogP contribution in [0.3, 0.4) is 0 Å². The Morgan fingerprint density at radius 2 is 1.89 bits per heavy atom. The average Bonchev–Trinajstić information content (AvgIpc) is 3.08. The zero-order chi connectivity index (χ0) is 20.1. The van der Waals surface area contributed by atoms with Crippen molar-refractivity contribution in [1.82, 2.24) is 9.78 Å². The number of methoxy groups -OCH3 is 1. The molecule has 28 heavy (non-hydrogen) atoms. The molecule has 0 unspecified atom stereocenters. The van der Waals surface area contributed by atoms with E-state index in [-0.39, 0.29) is 4.90 Å². The van der Waals surface area contributed by atoms with Gasteiger partial charge >= 0.3 is 0 Å². The number of hydrogen-bond acceptors (Lipinski definition) is 5. The Morgan fingerprint density at radius 3 is 2.57 bits per heavy atom. The molecule has 0 aliphatic heterocycles. The molecule has 0 radical (unpaired) electrons. The summed E-state index contributed by atoms with van der Waals surface area (Å²) < 4.78 is 29.6. The molecule has 3 rings (SSSR count). The van der Waals surface area contributed by atoms with Crippen molar-refractivity contribution >= 4 is 38.7 Å². The van der Waals surface area contributed by atoms with Gasteiger partial charge in [-0.05, 0) is 54.2 Å². The zero-order valence-corrected chi connectivity index (χ0v) is 16.6. The first-order valence-electron chi connectivity index (χ1n) is 8.20. The lowest BCUT2D eigenvalue weighted by Gasteiger charge is -2.09. The number of sulfonamides is 1. The van der Waals surface area contributed by atoms with Gasteiger partial charge in [-0.15, -0.1) is 0 Å². The standard InChI is InChI=1S/C18H19N5O3S2/c1-26-16-4-2-3-13(9-16)11-23-12-15(10-20-23)22-18(27)21-14-5-7-17(8-6-14)28(19,24)25/h2-10,12H,11H2,1H3,(H2,19,24,25)(H2,21,22,27). The molecule has 0 spiro atoms. The van der Waals surface area contributed by atoms with Crippen LogP contribution in [0.4, 0.5) is 11.4 Å². The van der Waals surface area contributed by atoms with Crippen LogP contribution in [0.1, 0.15) is 5.56 Å². The minimum absolute atomic E-state index is 0.0377. The van der Waals surface area contributed by atoms with Crippen molar-refractivity contribution in [2.24, 2.45) is 5.14 Å². The van der Waals surface area contributed by atoms with Crippen LogP contribution in [-0.2, 0) is 16.6 Å². The number of thiocarbonyl (C=S) groups is 1. The number of nitrogens with two attached hydrogens (primary N) is 1. The van der Waals surface area contributed by atoms with Crippen LogP contribution in [0.25, 0.3) is 0 Å². The molecular weight excluding hydrogens is 398 g/mol. The van der Waals surface area contributed by atoms with E-state index in [2.05, 4.69) is 15.7 Å². The van der Waals surface area contributed by atoms with Gasteiger partial charge in [0.2, 0.25) is 10.0 Å². The summed E-state index contributed by atoms with van der Waals surface area (Å²) in [6.45, 7) is 0.591. The average molecular weight is 418 g/mol. The van der Waals surface area contributed by atoms with Crippen molar-refractivity contribution in [1.29, 1.82) is 0 Å². The Labute approximate surface area is 168 Å². The van der Waals surface area contributed by atoms with Gasteiger partial charge in [0.25, 0.3) is 0 Å². The minimum Gasteiger partial charge on any atom is -0.497 e. The fraction of sp³-hybridized carbons (Fsp3) is 0.111. The van der Waals surface area contributed by atoms with Crippen molar-refractivity contribution in [3.8, 4) is 5.75 Å². The quantitative estimate of drug-likeness (QED) is 0.528. The molecule has 0 fully saturated rings. The summed E-state index contributed by atoms with van der Waals surface area (Å²) in [5.74, 6) is 0.793. The maximum absolute atomic E-state index is 11.3. The van der Waals surface area contributed by atoms with Gasteiger partial charge in [0, 0.05) is 11.9 Å². The molecule has 0 bridgehead atoms. The zero-order valence-electron chi connectivity index (χ0n) is 15.0. The highest BCUT2D eigenvalue weighted by Gasteiger charge is 2.08. The molecule has 1 heterocycles. The van der Waals surface area contributed by atoms with Crippen molar-refractivity contribution in [3.63, 3.8) is 0 Å². The van der Waals surface area contributed by atoms with Crippen molar-refractivity contribution in [2.75, 3.05) is 17.7 Å². The maximum Gasteiger partial charge on any atom is 0.238 e. The van der Waals surface area contributed by atoms with Gasteiger partial charge in [0.15, 0.2) is 5.11 Å². The van der Waals surface area contributed by atoms with Crippen molar-refractivity contribution in [2.45, 2.75) is 11.4 Å². The summed E-state index contributed by atoms with van der Waals surface area (Å²) in [7, 11) is -2.09. The smallest absolute Gasteiger partial charge is 0.238 e. The van der Waals surface area contributed by atoms with E-state index < -0.39 is 10.0 Å². The predicted molar refractivity (Wildman–Crippen MR) is 112 cm³/mol. The highest BCUT2D eigenvalue weighted by atomic mass is 32.2. The summed E-state index contributed by atoms with van der Waals surface area (Å²) in [5, 5.41) is 15.8. The van der Waals surface area contributed by atoms with Gasteiger partial charge in [-0.25, -0.2) is 13.6 Å². The van der Waals surface area contributed by atoms with E-state index in [4.69, 9.17) is 22.1 Å². The SMILES string of the molecule is COc1cccc(Cn2cc(NC(=S)Nc3ccc(S(N)(=O)=O)cc3)cn2)c1. The summed E-state index contributed by atoms with van der Waals surface area (Å²) in [6.07, 6.45) is 3.50. The van der Waals surface area contributed by atoms with E-state index in [1.54, 1.807) is 30.1 Å². The molecule has 0 saturated heterocycles. The lowest BCUT2D eigenvalue weighted by Crippen LogP contribution is -2.19. The van der Waals surface area contributed by atoms with E-state index in [0.29, 0.717) is 17.3 Å². The molecule has 2 aromatic carbocycles. The second-order valence-electron chi connectivity index (χ2n) is 5.93. The molecular formula is C18H19N5O3S2. The van der Waals surface area contributed by atoms with Crippen molar-refractivity contribution in [3.05, 3.63) is 66.5 Å². The number of rotatable bonds is 6. The third-order valence-corrected chi connectivity index (χ3v) is 4.94. The van der Waals surface area contributed by atoms with Crippen LogP contribution >= 0.6 is 12.2 Å². The molecule has 8 nitrogen and oxygen atoms in total. The first-order chi connectivity index (χ1) is 13.3. The predicted octanol–water partition coefficient (Wildman–Crippen LogP) is 2.40. The number of anilines is 2. The first-order valence-corrected chi connectivity index (χ1v) is 10.2. The number of primary sulfonamides is 1. The van der Waals surface area contributed by atoms with E-state index in [9.17, 15) is 8.42 Å². The highest BCUT2D eigenvalue weighted by molar-refractivity contribution is 7.89. The summed E-state index contributed by atoms with van der Waals surface area (Å²) >= 11 is 5.28. The molecule has 0 aliphatic rings. The second kappa shape index (κ2) is 8.38. The van der Waals surface area contributed by atoms with Gasteiger partial charge in [-0.3, -0.25) is 4.68 Å². The molecule has 1 aromatic heterocycles. The van der Waals surface area contributed by atoms with E-state index >= 15 is 0 Å². The fourth-order valence-electron chi connectivity index (χ4n) is 2.49. The fourth-order valence-corrected chi connectivity index (χ4v) is 3.24. The van der Waals surface area contributed by atoms with Crippen LogP contribution < -0.4 is 20.5 Å². The Bertz CT molecular complexity index is 1080. The van der Waals surface area contributed by atoms with Gasteiger partial charge in [-0.2, -0.15) is 5.10 Å². The largest absolute Gasteiger partial charge is 0.497 e. The molecule has 10 heteroatoms. The van der Waals surface area contributed by atoms with Crippen LogP contribution in [0.2, 0.25) is 0 Å². The number of aromatic nitrogens is 2. The van der Waals surface area contributed by atoms with Gasteiger partial charge < -0.3 is 15.4 Å². The molecule has 146 valence electrons. The molecule has 0 saturated carbocycles. The number of benzene rings is 2. The maximum atomic E-state index is 11.3. The summed E-state index contributed by atoms with van der Waals surface area (Å²) in [5.41, 5.74) is 2.42. The Balaban J connectivity index is 1.59. The lowest BCUT2D eigenvalue weighted by molar-refractivity contribution is 0.414. The van der Waals surface area contributed by atoms with Gasteiger partial charge in [0.05, 0.1) is 30.4 Å². The van der Waals surface area contributed by atoms with Crippen LogP contribution in [0.5, 0.6) is 5.75 Å². The Morgan fingerprint density at radius 1 is 1.18 bits per heavy atom. The Kier molecular flexibility index (Phi) is 5.93. The van der Waals surface area contributed by atoms with Crippen LogP contribution in [0.15, 0.2) is 65.8 Å². The van der Waals surface area contributed by atoms with Gasteiger partial charge in [0.1, 0.15) is 5.75 Å². The number of ether oxygens (including phenoxy) is 1. The molecule has 0 aliphatic carbocycles. The van der Waals surface area contributed by atoms with Gasteiger partial charge in [-0.1, -0.05) is 12.1 Å². The van der Waals surface area contributed by atoms with E-state index in [1.807, 2.05) is 30.5 Å². The lowest BCUT2D eigenvalue weighted by atomic mass is 10.2. The number of hydrogen-bond donors (Lipinski definition) is 3. The second-order valence-corrected chi connectivity index (χ2v) is 7.90. The molecule has 4 N–H and O–H groups in total. The molecule has 0 amide bonds. The van der Waals surface area contributed by atoms with E-state index in [0.717, 1.165) is 17.0 Å². The third kappa shape index (κ3) is 5.28. The van der Waals surface area contributed by atoms with Crippen LogP contribution in [0, 0.1) is 0 Å². The number of nitrogens with one attached hydrogen (secondary N) is 2. The third-order valence-electron chi connectivity index (χ3n) is 3.81. The normalized spacial score (nSPS) is 11.1. The monoisotopic (exact) mass is 417 g/mol. The minimum atomic E-state index is -3.72. The molecule has 0 atom stereocenters. The number of nitrogens with zero attached hydrogens (tertiary/aromatic N) is 2. The topological polar surface area (TPSA) is 111 Å².